The van der Waals surface area contributed by atoms with Gasteiger partial charge in [0.25, 0.3) is 5.91 Å². The summed E-state index contributed by atoms with van der Waals surface area (Å²) in [4.78, 5) is 24.7. The van der Waals surface area contributed by atoms with Crippen molar-refractivity contribution in [1.29, 1.82) is 0 Å². The van der Waals surface area contributed by atoms with Crippen molar-refractivity contribution in [2.75, 3.05) is 18.9 Å². The average Bonchev–Trinajstić information content (AvgIpc) is 3.46. The van der Waals surface area contributed by atoms with E-state index < -0.39 is 22.5 Å². The molecule has 148 valence electrons. The molecule has 7 nitrogen and oxygen atoms in total. The molecule has 9 heteroatoms. The molecule has 1 fully saturated rings. The van der Waals surface area contributed by atoms with Crippen LogP contribution < -0.4 is 10.6 Å². The van der Waals surface area contributed by atoms with Crippen molar-refractivity contribution < 1.29 is 18.0 Å². The second-order valence-electron chi connectivity index (χ2n) is 6.56. The van der Waals surface area contributed by atoms with Crippen LogP contribution >= 0.6 is 11.6 Å². The maximum absolute atomic E-state index is 12.6. The predicted octanol–water partition coefficient (Wildman–Crippen LogP) is 2.49. The molecule has 3 rings (SSSR count). The number of nitrogens with zero attached hydrogens (tertiary/aromatic N) is 1. The maximum atomic E-state index is 12.6. The highest BCUT2D eigenvalue weighted by molar-refractivity contribution is 7.89. The van der Waals surface area contributed by atoms with Crippen LogP contribution in [0.2, 0.25) is 5.02 Å². The van der Waals surface area contributed by atoms with E-state index in [2.05, 4.69) is 10.6 Å². The standard InChI is InChI=1S/C19H20ClN3O4S/c1-23(28(26,27)15-10-6-13(20)7-11-15)12-18(24)22-17-5-3-2-4-16(17)19(25)21-14-8-9-14/h2-7,10-11,14H,8-9,12H2,1H3,(H,21,25)(H,22,24). The number of anilines is 1. The van der Waals surface area contributed by atoms with Crippen LogP contribution in [0.3, 0.4) is 0 Å². The molecule has 0 heterocycles. The number of likely N-dealkylation sites (N-methyl/N-ethyl adjacent to an activating group) is 1. The van der Waals surface area contributed by atoms with Gasteiger partial charge in [-0.15, -0.1) is 0 Å². The van der Waals surface area contributed by atoms with Gasteiger partial charge in [-0.3, -0.25) is 9.59 Å². The fraction of sp³-hybridized carbons (Fsp3) is 0.263. The Hall–Kier alpha value is -2.42. The third kappa shape index (κ3) is 4.89. The molecule has 0 aliphatic heterocycles. The number of carbonyl (C=O) groups is 2. The molecule has 0 atom stereocenters. The van der Waals surface area contributed by atoms with Gasteiger partial charge in [0, 0.05) is 18.1 Å². The Balaban J connectivity index is 1.68. The summed E-state index contributed by atoms with van der Waals surface area (Å²) in [6.45, 7) is -0.399. The summed E-state index contributed by atoms with van der Waals surface area (Å²) in [6, 6.07) is 12.5. The zero-order valence-electron chi connectivity index (χ0n) is 15.2. The molecule has 1 aliphatic carbocycles. The van der Waals surface area contributed by atoms with Crippen molar-refractivity contribution in [1.82, 2.24) is 9.62 Å². The van der Waals surface area contributed by atoms with Crippen LogP contribution in [0.1, 0.15) is 23.2 Å². The lowest BCUT2D eigenvalue weighted by Crippen LogP contribution is -2.35. The first kappa shape index (κ1) is 20.3. The van der Waals surface area contributed by atoms with Crippen molar-refractivity contribution in [2.45, 2.75) is 23.8 Å². The summed E-state index contributed by atoms with van der Waals surface area (Å²) in [5, 5.41) is 5.91. The van der Waals surface area contributed by atoms with E-state index in [1.54, 1.807) is 24.3 Å². The Kier molecular flexibility index (Phi) is 6.02. The molecule has 1 aliphatic rings. The van der Waals surface area contributed by atoms with Crippen molar-refractivity contribution >= 4 is 39.1 Å². The van der Waals surface area contributed by atoms with E-state index in [0.29, 0.717) is 16.3 Å². The molecule has 0 bridgehead atoms. The highest BCUT2D eigenvalue weighted by Gasteiger charge is 2.26. The van der Waals surface area contributed by atoms with Gasteiger partial charge in [0.2, 0.25) is 15.9 Å². The first-order valence-electron chi connectivity index (χ1n) is 8.69. The lowest BCUT2D eigenvalue weighted by atomic mass is 10.1. The minimum Gasteiger partial charge on any atom is -0.349 e. The largest absolute Gasteiger partial charge is 0.349 e. The third-order valence-corrected chi connectivity index (χ3v) is 6.32. The predicted molar refractivity (Wildman–Crippen MR) is 107 cm³/mol. The summed E-state index contributed by atoms with van der Waals surface area (Å²) in [7, 11) is -2.53. The van der Waals surface area contributed by atoms with Crippen LogP contribution in [0.15, 0.2) is 53.4 Å². The molecule has 0 unspecified atom stereocenters. The van der Waals surface area contributed by atoms with Crippen molar-refractivity contribution in [2.24, 2.45) is 0 Å². The summed E-state index contributed by atoms with van der Waals surface area (Å²) in [5.41, 5.74) is 0.675. The number of halogens is 1. The van der Waals surface area contributed by atoms with Crippen LogP contribution in [0.4, 0.5) is 5.69 Å². The van der Waals surface area contributed by atoms with E-state index in [4.69, 9.17) is 11.6 Å². The number of hydrogen-bond acceptors (Lipinski definition) is 4. The minimum absolute atomic E-state index is 0.0383. The van der Waals surface area contributed by atoms with Gasteiger partial charge < -0.3 is 10.6 Å². The fourth-order valence-corrected chi connectivity index (χ4v) is 3.80. The quantitative estimate of drug-likeness (QED) is 0.717. The molecule has 0 aromatic heterocycles. The Bertz CT molecular complexity index is 988. The lowest BCUT2D eigenvalue weighted by molar-refractivity contribution is -0.116. The number of rotatable bonds is 7. The molecule has 2 aromatic rings. The van der Waals surface area contributed by atoms with E-state index in [0.717, 1.165) is 17.1 Å². The summed E-state index contributed by atoms with van der Waals surface area (Å²) in [6.07, 6.45) is 1.90. The van der Waals surface area contributed by atoms with Crippen LogP contribution in [0, 0.1) is 0 Å². The third-order valence-electron chi connectivity index (χ3n) is 4.25. The highest BCUT2D eigenvalue weighted by Crippen LogP contribution is 2.22. The molecule has 2 aromatic carbocycles. The van der Waals surface area contributed by atoms with Crippen molar-refractivity contribution in [3.63, 3.8) is 0 Å². The Morgan fingerprint density at radius 1 is 1.11 bits per heavy atom. The van der Waals surface area contributed by atoms with E-state index in [-0.39, 0.29) is 16.8 Å². The minimum atomic E-state index is -3.84. The van der Waals surface area contributed by atoms with Crippen LogP contribution in [0.5, 0.6) is 0 Å². The molecule has 0 radical (unpaired) electrons. The lowest BCUT2D eigenvalue weighted by Gasteiger charge is -2.17. The Morgan fingerprint density at radius 2 is 1.75 bits per heavy atom. The Labute approximate surface area is 168 Å². The SMILES string of the molecule is CN(CC(=O)Nc1ccccc1C(=O)NC1CC1)S(=O)(=O)c1ccc(Cl)cc1. The first-order valence-corrected chi connectivity index (χ1v) is 10.5. The molecular weight excluding hydrogens is 402 g/mol. The van der Waals surface area contributed by atoms with E-state index in [1.165, 1.54) is 31.3 Å². The smallest absolute Gasteiger partial charge is 0.253 e. The van der Waals surface area contributed by atoms with Gasteiger partial charge in [-0.1, -0.05) is 23.7 Å². The molecule has 0 saturated heterocycles. The molecule has 1 saturated carbocycles. The van der Waals surface area contributed by atoms with Gasteiger partial charge >= 0.3 is 0 Å². The number of amides is 2. The molecule has 28 heavy (non-hydrogen) atoms. The molecule has 0 spiro atoms. The second kappa shape index (κ2) is 8.30. The van der Waals surface area contributed by atoms with Gasteiger partial charge in [-0.05, 0) is 49.2 Å². The number of sulfonamides is 1. The zero-order valence-corrected chi connectivity index (χ0v) is 16.8. The highest BCUT2D eigenvalue weighted by atomic mass is 35.5. The zero-order chi connectivity index (χ0) is 20.3. The number of para-hydroxylation sites is 1. The maximum Gasteiger partial charge on any atom is 0.253 e. The number of hydrogen-bond donors (Lipinski definition) is 2. The second-order valence-corrected chi connectivity index (χ2v) is 9.04. The average molecular weight is 422 g/mol. The van der Waals surface area contributed by atoms with Gasteiger partial charge in [0.1, 0.15) is 0 Å². The fourth-order valence-electron chi connectivity index (χ4n) is 2.54. The molecule has 2 N–H and O–H groups in total. The van der Waals surface area contributed by atoms with Gasteiger partial charge in [-0.25, -0.2) is 8.42 Å². The van der Waals surface area contributed by atoms with E-state index in [9.17, 15) is 18.0 Å². The van der Waals surface area contributed by atoms with Crippen molar-refractivity contribution in [3.05, 3.63) is 59.1 Å². The summed E-state index contributed by atoms with van der Waals surface area (Å²) >= 11 is 5.79. The Morgan fingerprint density at radius 3 is 2.39 bits per heavy atom. The van der Waals surface area contributed by atoms with Gasteiger partial charge in [-0.2, -0.15) is 4.31 Å². The number of benzene rings is 2. The molecule has 2 amide bonds. The normalized spacial score (nSPS) is 14.0. The molecular formula is C19H20ClN3O4S. The first-order chi connectivity index (χ1) is 13.3. The van der Waals surface area contributed by atoms with Gasteiger partial charge in [0.05, 0.1) is 22.7 Å². The van der Waals surface area contributed by atoms with Crippen molar-refractivity contribution in [3.8, 4) is 0 Å². The summed E-state index contributed by atoms with van der Waals surface area (Å²) in [5.74, 6) is -0.813. The number of nitrogens with one attached hydrogen (secondary N) is 2. The van der Waals surface area contributed by atoms with E-state index in [1.807, 2.05) is 0 Å². The number of carbonyl (C=O) groups excluding carboxylic acids is 2. The van der Waals surface area contributed by atoms with Gasteiger partial charge in [0.15, 0.2) is 0 Å². The van der Waals surface area contributed by atoms with E-state index >= 15 is 0 Å². The topological polar surface area (TPSA) is 95.6 Å². The summed E-state index contributed by atoms with van der Waals surface area (Å²) < 4.78 is 26.1. The van der Waals surface area contributed by atoms with Crippen LogP contribution in [0.25, 0.3) is 0 Å². The van der Waals surface area contributed by atoms with Crippen LogP contribution in [-0.2, 0) is 14.8 Å². The monoisotopic (exact) mass is 421 g/mol. The van der Waals surface area contributed by atoms with Crippen LogP contribution in [-0.4, -0.2) is 44.2 Å².